The Kier molecular flexibility index (Phi) is 4.03. The molecule has 1 N–H and O–H groups in total. The maximum Gasteiger partial charge on any atom is 0.257 e. The summed E-state index contributed by atoms with van der Waals surface area (Å²) < 4.78 is 6.98. The quantitative estimate of drug-likeness (QED) is 0.612. The second-order valence-corrected chi connectivity index (χ2v) is 5.69. The van der Waals surface area contributed by atoms with Crippen molar-refractivity contribution in [2.75, 3.05) is 5.32 Å². The van der Waals surface area contributed by atoms with Crippen molar-refractivity contribution in [3.8, 4) is 17.1 Å². The molecule has 0 atom stereocenters. The number of hydrogen-bond donors (Lipinski definition) is 1. The normalized spacial score (nSPS) is 10.7. The minimum atomic E-state index is -0.239. The highest BCUT2D eigenvalue weighted by molar-refractivity contribution is 6.06. The number of carbonyl (C=O) groups excluding carboxylic acids is 1. The number of carbonyl (C=O) groups is 1. The first-order valence-electron chi connectivity index (χ1n) is 8.00. The molecule has 0 bridgehead atoms. The van der Waals surface area contributed by atoms with Gasteiger partial charge >= 0.3 is 0 Å². The van der Waals surface area contributed by atoms with Crippen molar-refractivity contribution in [3.05, 3.63) is 78.4 Å². The van der Waals surface area contributed by atoms with Crippen LogP contribution in [-0.2, 0) is 0 Å². The van der Waals surface area contributed by atoms with E-state index in [1.54, 1.807) is 35.5 Å². The number of aryl methyl sites for hydroxylation is 1. The van der Waals surface area contributed by atoms with Gasteiger partial charge < -0.3 is 9.73 Å². The van der Waals surface area contributed by atoms with Gasteiger partial charge in [0, 0.05) is 11.3 Å². The van der Waals surface area contributed by atoms with Crippen LogP contribution in [0.5, 0.6) is 0 Å². The zero-order valence-electron chi connectivity index (χ0n) is 14.0. The summed E-state index contributed by atoms with van der Waals surface area (Å²) in [7, 11) is 0. The molecule has 2 aromatic heterocycles. The third kappa shape index (κ3) is 3.10. The molecule has 0 unspecified atom stereocenters. The third-order valence-corrected chi connectivity index (χ3v) is 3.80. The zero-order chi connectivity index (χ0) is 17.9. The second kappa shape index (κ2) is 6.64. The fraction of sp³-hybridized carbons (Fsp3) is 0.0526. The van der Waals surface area contributed by atoms with Crippen molar-refractivity contribution in [2.24, 2.45) is 0 Å². The van der Waals surface area contributed by atoms with Crippen LogP contribution in [0.1, 0.15) is 16.1 Å². The summed E-state index contributed by atoms with van der Waals surface area (Å²) in [5, 5.41) is 10.7. The predicted octanol–water partition coefficient (Wildman–Crippen LogP) is 3.48. The molecule has 26 heavy (non-hydrogen) atoms. The maximum absolute atomic E-state index is 12.8. The van der Waals surface area contributed by atoms with E-state index in [-0.39, 0.29) is 5.91 Å². The summed E-state index contributed by atoms with van der Waals surface area (Å²) in [6.45, 7) is 1.86. The van der Waals surface area contributed by atoms with Gasteiger partial charge in [0.15, 0.2) is 0 Å². The first kappa shape index (κ1) is 15.8. The first-order valence-corrected chi connectivity index (χ1v) is 8.00. The largest absolute Gasteiger partial charge is 0.444 e. The minimum Gasteiger partial charge on any atom is -0.444 e. The van der Waals surface area contributed by atoms with Gasteiger partial charge in [-0.3, -0.25) is 4.79 Å². The molecular weight excluding hydrogens is 330 g/mol. The van der Waals surface area contributed by atoms with Crippen LogP contribution < -0.4 is 5.32 Å². The highest BCUT2D eigenvalue weighted by Crippen LogP contribution is 2.23. The summed E-state index contributed by atoms with van der Waals surface area (Å²) in [6, 6.07) is 14.6. The average molecular weight is 345 g/mol. The van der Waals surface area contributed by atoms with Crippen LogP contribution in [-0.4, -0.2) is 25.9 Å². The number of para-hydroxylation sites is 1. The smallest absolute Gasteiger partial charge is 0.257 e. The molecule has 4 aromatic rings. The van der Waals surface area contributed by atoms with Gasteiger partial charge in [-0.05, 0) is 37.3 Å². The summed E-state index contributed by atoms with van der Waals surface area (Å²) in [4.78, 5) is 17.1. The lowest BCUT2D eigenvalue weighted by molar-refractivity contribution is 0.102. The molecular formula is C19H15N5O2. The fourth-order valence-electron chi connectivity index (χ4n) is 2.62. The van der Waals surface area contributed by atoms with E-state index in [0.29, 0.717) is 22.8 Å². The summed E-state index contributed by atoms with van der Waals surface area (Å²) in [6.07, 6.45) is 4.85. The topological polar surface area (TPSA) is 85.8 Å². The Morgan fingerprint density at radius 3 is 2.81 bits per heavy atom. The van der Waals surface area contributed by atoms with Crippen molar-refractivity contribution < 1.29 is 9.21 Å². The van der Waals surface area contributed by atoms with Gasteiger partial charge in [-0.1, -0.05) is 23.4 Å². The van der Waals surface area contributed by atoms with Crippen molar-refractivity contribution in [1.29, 1.82) is 0 Å². The van der Waals surface area contributed by atoms with Crippen LogP contribution in [0.3, 0.4) is 0 Å². The van der Waals surface area contributed by atoms with Gasteiger partial charge in [0.05, 0.1) is 29.3 Å². The molecule has 7 nitrogen and oxygen atoms in total. The molecule has 0 spiro atoms. The van der Waals surface area contributed by atoms with Crippen LogP contribution in [0.25, 0.3) is 17.1 Å². The zero-order valence-corrected chi connectivity index (χ0v) is 14.0. The summed E-state index contributed by atoms with van der Waals surface area (Å²) in [5.41, 5.74) is 3.39. The number of rotatable bonds is 4. The van der Waals surface area contributed by atoms with E-state index in [9.17, 15) is 4.79 Å². The lowest BCUT2D eigenvalue weighted by Gasteiger charge is -2.10. The van der Waals surface area contributed by atoms with Crippen molar-refractivity contribution >= 4 is 11.6 Å². The number of hydrogen-bond acceptors (Lipinski definition) is 5. The molecule has 0 aliphatic rings. The SMILES string of the molecule is Cc1coc(-c2cccc(NC(=O)c3ccccc3-n3ccnn3)c2)n1. The number of anilines is 1. The molecule has 0 radical (unpaired) electrons. The lowest BCUT2D eigenvalue weighted by atomic mass is 10.1. The lowest BCUT2D eigenvalue weighted by Crippen LogP contribution is -2.15. The molecule has 0 saturated heterocycles. The molecule has 0 fully saturated rings. The standard InChI is InChI=1S/C19H15N5O2/c1-13-12-26-19(21-13)14-5-4-6-15(11-14)22-18(25)16-7-2-3-8-17(16)24-10-9-20-23-24/h2-12H,1H3,(H,22,25). The molecule has 1 amide bonds. The molecule has 0 aliphatic heterocycles. The highest BCUT2D eigenvalue weighted by Gasteiger charge is 2.14. The van der Waals surface area contributed by atoms with Gasteiger partial charge in [0.1, 0.15) is 6.26 Å². The highest BCUT2D eigenvalue weighted by atomic mass is 16.3. The van der Waals surface area contributed by atoms with E-state index in [1.165, 1.54) is 0 Å². The number of amides is 1. The monoisotopic (exact) mass is 345 g/mol. The van der Waals surface area contributed by atoms with Crippen molar-refractivity contribution in [3.63, 3.8) is 0 Å². The van der Waals surface area contributed by atoms with E-state index in [2.05, 4.69) is 20.6 Å². The Bertz CT molecular complexity index is 1050. The molecule has 128 valence electrons. The van der Waals surface area contributed by atoms with E-state index >= 15 is 0 Å². The van der Waals surface area contributed by atoms with Gasteiger partial charge in [-0.15, -0.1) is 5.10 Å². The Morgan fingerprint density at radius 2 is 2.04 bits per heavy atom. The van der Waals surface area contributed by atoms with Crippen LogP contribution in [0, 0.1) is 6.92 Å². The Balaban J connectivity index is 1.62. The average Bonchev–Trinajstić information content (AvgIpc) is 3.34. The minimum absolute atomic E-state index is 0.239. The third-order valence-electron chi connectivity index (χ3n) is 3.80. The predicted molar refractivity (Wildman–Crippen MR) is 96.0 cm³/mol. The number of nitrogens with zero attached hydrogens (tertiary/aromatic N) is 4. The van der Waals surface area contributed by atoms with Crippen molar-refractivity contribution in [2.45, 2.75) is 6.92 Å². The molecule has 2 aromatic carbocycles. The fourth-order valence-corrected chi connectivity index (χ4v) is 2.62. The molecule has 0 saturated carbocycles. The van der Waals surface area contributed by atoms with Crippen LogP contribution >= 0.6 is 0 Å². The molecule has 4 rings (SSSR count). The number of oxazole rings is 1. The Labute approximate surface area is 149 Å². The van der Waals surface area contributed by atoms with Gasteiger partial charge in [0.2, 0.25) is 5.89 Å². The van der Waals surface area contributed by atoms with Crippen LogP contribution in [0.2, 0.25) is 0 Å². The van der Waals surface area contributed by atoms with E-state index in [4.69, 9.17) is 4.42 Å². The molecule has 7 heteroatoms. The van der Waals surface area contributed by atoms with E-state index in [0.717, 1.165) is 11.3 Å². The number of aromatic nitrogens is 4. The van der Waals surface area contributed by atoms with E-state index < -0.39 is 0 Å². The van der Waals surface area contributed by atoms with Gasteiger partial charge in [-0.2, -0.15) is 0 Å². The van der Waals surface area contributed by atoms with E-state index in [1.807, 2.05) is 43.3 Å². The Hall–Kier alpha value is -3.74. The molecule has 2 heterocycles. The summed E-state index contributed by atoms with van der Waals surface area (Å²) in [5.74, 6) is 0.276. The van der Waals surface area contributed by atoms with Gasteiger partial charge in [0.25, 0.3) is 5.91 Å². The van der Waals surface area contributed by atoms with Gasteiger partial charge in [-0.25, -0.2) is 9.67 Å². The summed E-state index contributed by atoms with van der Waals surface area (Å²) >= 11 is 0. The second-order valence-electron chi connectivity index (χ2n) is 5.69. The van der Waals surface area contributed by atoms with Crippen molar-refractivity contribution in [1.82, 2.24) is 20.0 Å². The first-order chi connectivity index (χ1) is 12.7. The molecule has 0 aliphatic carbocycles. The number of benzene rings is 2. The maximum atomic E-state index is 12.8. The van der Waals surface area contributed by atoms with Crippen LogP contribution in [0.15, 0.2) is 71.6 Å². The van der Waals surface area contributed by atoms with Crippen LogP contribution in [0.4, 0.5) is 5.69 Å². The Morgan fingerprint density at radius 1 is 1.15 bits per heavy atom. The number of nitrogens with one attached hydrogen (secondary N) is 1.